The van der Waals surface area contributed by atoms with E-state index in [9.17, 15) is 29.7 Å². The SMILES string of the molecule is CN1CCC23c4c5ccc(O)c4OC2C(OC(=O)[C@@H](CC(=O)C[C@H](O)C(=O)O)c2ccccc2)=CC[C@@]3(O)[C@H]1C5. The lowest BCUT2D eigenvalue weighted by molar-refractivity contribution is -0.170. The van der Waals surface area contributed by atoms with Crippen molar-refractivity contribution in [1.29, 1.82) is 0 Å². The predicted octanol–water partition coefficient (Wildman–Crippen LogP) is 1.79. The van der Waals surface area contributed by atoms with Gasteiger partial charge < -0.3 is 34.8 Å². The molecule has 6 atom stereocenters. The van der Waals surface area contributed by atoms with Crippen molar-refractivity contribution in [3.63, 3.8) is 0 Å². The standard InChI is InChI=1S/C30H31NO9/c1-31-12-11-29-24-17-7-8-20(33)25(24)40-26(29)22(9-10-30(29,38)23(31)13-17)39-28(37)19(16-5-3-2-4-6-16)14-18(32)15-21(34)27(35)36/h2-9,19,21,23,26,33-34,38H,10-15H2,1H3,(H,35,36)/t19-,21-,23+,26?,29?,30+/m0/s1. The van der Waals surface area contributed by atoms with Gasteiger partial charge in [0, 0.05) is 30.9 Å². The number of likely N-dealkylation sites (N-methyl/N-ethyl adjacent to an activating group) is 1. The number of likely N-dealkylation sites (tertiary alicyclic amines) is 1. The molecule has 0 radical (unpaired) electrons. The smallest absolute Gasteiger partial charge is 0.332 e. The van der Waals surface area contributed by atoms with Crippen LogP contribution in [-0.2, 0) is 31.0 Å². The van der Waals surface area contributed by atoms with E-state index in [1.165, 1.54) is 0 Å². The second kappa shape index (κ2) is 9.43. The molecule has 2 aliphatic heterocycles. The third-order valence-electron chi connectivity index (χ3n) is 9.20. The molecule has 2 aromatic carbocycles. The van der Waals surface area contributed by atoms with Crippen molar-refractivity contribution in [1.82, 2.24) is 4.90 Å². The topological polar surface area (TPSA) is 154 Å². The van der Waals surface area contributed by atoms with Gasteiger partial charge in [-0.25, -0.2) is 4.79 Å². The minimum atomic E-state index is -1.87. The van der Waals surface area contributed by atoms with Crippen LogP contribution in [0.2, 0.25) is 0 Å². The van der Waals surface area contributed by atoms with E-state index >= 15 is 0 Å². The Bertz CT molecular complexity index is 1420. The zero-order valence-electron chi connectivity index (χ0n) is 21.9. The van der Waals surface area contributed by atoms with Gasteiger partial charge in [-0.3, -0.25) is 9.59 Å². The molecular weight excluding hydrogens is 518 g/mol. The van der Waals surface area contributed by atoms with E-state index in [0.29, 0.717) is 30.7 Å². The fourth-order valence-electron chi connectivity index (χ4n) is 7.26. The molecule has 0 aromatic heterocycles. The minimum absolute atomic E-state index is 0.0438. The maximum absolute atomic E-state index is 13.7. The number of ether oxygens (including phenoxy) is 2. The summed E-state index contributed by atoms with van der Waals surface area (Å²) in [6.07, 6.45) is -0.743. The summed E-state index contributed by atoms with van der Waals surface area (Å²) in [5.41, 5.74) is 0.107. The van der Waals surface area contributed by atoms with Gasteiger partial charge in [0.2, 0.25) is 0 Å². The molecule has 2 aromatic rings. The van der Waals surface area contributed by atoms with Crippen LogP contribution in [0.1, 0.15) is 48.3 Å². The van der Waals surface area contributed by atoms with E-state index in [-0.39, 0.29) is 30.4 Å². The van der Waals surface area contributed by atoms with Crippen LogP contribution in [0.15, 0.2) is 54.3 Å². The normalized spacial score (nSPS) is 29.4. The number of carbonyl (C=O) groups excluding carboxylic acids is 2. The second-order valence-electron chi connectivity index (χ2n) is 11.3. The van der Waals surface area contributed by atoms with Crippen molar-refractivity contribution in [2.24, 2.45) is 0 Å². The number of Topliss-reactive ketones (excluding diaryl/α,β-unsaturated/α-hetero) is 1. The van der Waals surface area contributed by atoms with Crippen molar-refractivity contribution in [3.05, 3.63) is 71.0 Å². The maximum Gasteiger partial charge on any atom is 0.332 e. The van der Waals surface area contributed by atoms with E-state index in [2.05, 4.69) is 4.90 Å². The van der Waals surface area contributed by atoms with E-state index in [4.69, 9.17) is 14.6 Å². The summed E-state index contributed by atoms with van der Waals surface area (Å²) in [4.78, 5) is 39.5. The number of carboxylic acids is 1. The van der Waals surface area contributed by atoms with Crippen LogP contribution in [-0.4, -0.2) is 80.5 Å². The molecule has 10 nitrogen and oxygen atoms in total. The summed E-state index contributed by atoms with van der Waals surface area (Å²) in [6.45, 7) is 0.676. The number of phenolic OH excluding ortho intramolecular Hbond substituents is 1. The molecule has 10 heteroatoms. The van der Waals surface area contributed by atoms with E-state index in [1.54, 1.807) is 42.5 Å². The van der Waals surface area contributed by atoms with Crippen LogP contribution in [0.5, 0.6) is 11.5 Å². The number of piperidine rings is 1. The second-order valence-corrected chi connectivity index (χ2v) is 11.3. The molecule has 4 N–H and O–H groups in total. The Morgan fingerprint density at radius 2 is 1.90 bits per heavy atom. The highest BCUT2D eigenvalue weighted by Gasteiger charge is 2.72. The first-order valence-corrected chi connectivity index (χ1v) is 13.4. The fraction of sp³-hybridized carbons (Fsp3) is 0.433. The predicted molar refractivity (Wildman–Crippen MR) is 140 cm³/mol. The number of hydrogen-bond donors (Lipinski definition) is 4. The van der Waals surface area contributed by atoms with Gasteiger partial charge in [-0.15, -0.1) is 0 Å². The Kier molecular flexibility index (Phi) is 6.25. The third-order valence-corrected chi connectivity index (χ3v) is 9.20. The molecule has 1 saturated heterocycles. The van der Waals surface area contributed by atoms with E-state index in [1.807, 2.05) is 13.1 Å². The monoisotopic (exact) mass is 549 g/mol. The molecule has 40 heavy (non-hydrogen) atoms. The van der Waals surface area contributed by atoms with Gasteiger partial charge in [-0.2, -0.15) is 0 Å². The molecule has 1 fully saturated rings. The molecule has 6 rings (SSSR count). The van der Waals surface area contributed by atoms with Crippen molar-refractivity contribution in [3.8, 4) is 11.5 Å². The van der Waals surface area contributed by atoms with Gasteiger partial charge in [0.05, 0.1) is 16.9 Å². The molecular formula is C30H31NO9. The van der Waals surface area contributed by atoms with Crippen LogP contribution < -0.4 is 4.74 Å². The zero-order valence-corrected chi connectivity index (χ0v) is 21.9. The molecule has 210 valence electrons. The first-order valence-electron chi connectivity index (χ1n) is 13.4. The maximum atomic E-state index is 13.7. The molecule has 2 aliphatic carbocycles. The number of aromatic hydroxyl groups is 1. The van der Waals surface area contributed by atoms with Crippen molar-refractivity contribution >= 4 is 17.7 Å². The Morgan fingerprint density at radius 3 is 2.62 bits per heavy atom. The third kappa shape index (κ3) is 3.77. The van der Waals surface area contributed by atoms with Gasteiger partial charge >= 0.3 is 11.9 Å². The highest BCUT2D eigenvalue weighted by molar-refractivity contribution is 5.90. The summed E-state index contributed by atoms with van der Waals surface area (Å²) < 4.78 is 12.3. The molecule has 4 aliphatic rings. The zero-order chi connectivity index (χ0) is 28.4. The number of nitrogens with zero attached hydrogens (tertiary/aromatic N) is 1. The van der Waals surface area contributed by atoms with Crippen LogP contribution >= 0.6 is 0 Å². The fourth-order valence-corrected chi connectivity index (χ4v) is 7.26. The molecule has 2 unspecified atom stereocenters. The molecule has 0 amide bonds. The van der Waals surface area contributed by atoms with E-state index in [0.717, 1.165) is 11.1 Å². The Hall–Kier alpha value is -3.73. The van der Waals surface area contributed by atoms with Crippen LogP contribution in [0.3, 0.4) is 0 Å². The summed E-state index contributed by atoms with van der Waals surface area (Å²) in [5, 5.41) is 41.6. The van der Waals surface area contributed by atoms with Crippen LogP contribution in [0, 0.1) is 0 Å². The van der Waals surface area contributed by atoms with Gasteiger partial charge in [0.15, 0.2) is 23.7 Å². The lowest BCUT2D eigenvalue weighted by Crippen LogP contribution is -2.74. The molecule has 2 bridgehead atoms. The Labute approximate surface area is 230 Å². The number of carbonyl (C=O) groups is 3. The average Bonchev–Trinajstić information content (AvgIpc) is 3.29. The van der Waals surface area contributed by atoms with Crippen molar-refractivity contribution in [2.75, 3.05) is 13.6 Å². The molecule has 0 saturated carbocycles. The minimum Gasteiger partial charge on any atom is -0.504 e. The van der Waals surface area contributed by atoms with Crippen LogP contribution in [0.4, 0.5) is 0 Å². The summed E-state index contributed by atoms with van der Waals surface area (Å²) in [6, 6.07) is 11.8. The number of benzene rings is 2. The molecule has 2 heterocycles. The largest absolute Gasteiger partial charge is 0.504 e. The molecule has 1 spiro atoms. The number of aliphatic carboxylic acids is 1. The van der Waals surface area contributed by atoms with Gasteiger partial charge in [0.1, 0.15) is 11.5 Å². The number of aliphatic hydroxyl groups is 2. The summed E-state index contributed by atoms with van der Waals surface area (Å²) in [7, 11) is 1.98. The number of aliphatic hydroxyl groups excluding tert-OH is 1. The lowest BCUT2D eigenvalue weighted by atomic mass is 9.50. The quantitative estimate of drug-likeness (QED) is 0.359. The first-order chi connectivity index (χ1) is 19.1. The van der Waals surface area contributed by atoms with Crippen molar-refractivity contribution in [2.45, 2.75) is 67.3 Å². The number of carboxylic acid groups (broad SMARTS) is 1. The first kappa shape index (κ1) is 26.5. The Balaban J connectivity index is 1.34. The Morgan fingerprint density at radius 1 is 1.15 bits per heavy atom. The number of esters is 1. The summed E-state index contributed by atoms with van der Waals surface area (Å²) in [5.74, 6) is -3.45. The van der Waals surface area contributed by atoms with Gasteiger partial charge in [0.25, 0.3) is 0 Å². The van der Waals surface area contributed by atoms with Crippen LogP contribution in [0.25, 0.3) is 0 Å². The number of rotatable bonds is 8. The number of hydrogen-bond acceptors (Lipinski definition) is 9. The van der Waals surface area contributed by atoms with Gasteiger partial charge in [-0.05, 0) is 49.7 Å². The van der Waals surface area contributed by atoms with E-state index < -0.39 is 53.3 Å². The average molecular weight is 550 g/mol. The number of phenols is 1. The highest BCUT2D eigenvalue weighted by atomic mass is 16.6. The number of ketones is 1. The lowest BCUT2D eigenvalue weighted by Gasteiger charge is -2.61. The van der Waals surface area contributed by atoms with Gasteiger partial charge in [-0.1, -0.05) is 36.4 Å². The van der Waals surface area contributed by atoms with Crippen molar-refractivity contribution < 1.29 is 44.3 Å². The highest BCUT2D eigenvalue weighted by Crippen LogP contribution is 2.65. The summed E-state index contributed by atoms with van der Waals surface area (Å²) >= 11 is 0.